The Labute approximate surface area is 190 Å². The first-order valence-corrected chi connectivity index (χ1v) is 11.3. The van der Waals surface area contributed by atoms with E-state index in [0.29, 0.717) is 15.9 Å². The van der Waals surface area contributed by atoms with Gasteiger partial charge < -0.3 is 15.5 Å². The number of aromatic nitrogens is 3. The topological polar surface area (TPSA) is 81.1 Å². The summed E-state index contributed by atoms with van der Waals surface area (Å²) in [7, 11) is 1.58. The number of nitrogens with one attached hydrogen (secondary N) is 2. The predicted octanol–water partition coefficient (Wildman–Crippen LogP) is 4.60. The second-order valence-corrected chi connectivity index (χ2v) is 8.89. The van der Waals surface area contributed by atoms with E-state index >= 15 is 0 Å². The molecule has 162 valence electrons. The molecule has 1 aliphatic rings. The van der Waals surface area contributed by atoms with Crippen LogP contribution in [-0.4, -0.2) is 33.1 Å². The Morgan fingerprint density at radius 3 is 2.71 bits per heavy atom. The van der Waals surface area contributed by atoms with Crippen molar-refractivity contribution in [3.05, 3.63) is 64.4 Å². The van der Waals surface area contributed by atoms with Crippen LogP contribution in [0.5, 0.6) is 5.75 Å². The van der Waals surface area contributed by atoms with E-state index in [9.17, 15) is 4.79 Å². The molecule has 2 atom stereocenters. The van der Waals surface area contributed by atoms with Crippen molar-refractivity contribution in [1.82, 2.24) is 14.9 Å². The fourth-order valence-electron chi connectivity index (χ4n) is 3.46. The summed E-state index contributed by atoms with van der Waals surface area (Å²) >= 11 is 7.78. The van der Waals surface area contributed by atoms with Crippen molar-refractivity contribution >= 4 is 35.0 Å². The highest BCUT2D eigenvalue weighted by Gasteiger charge is 2.38. The lowest BCUT2D eigenvalue weighted by Gasteiger charge is -2.33. The summed E-state index contributed by atoms with van der Waals surface area (Å²) in [6.07, 6.45) is 1.73. The molecule has 0 aliphatic carbocycles. The minimum atomic E-state index is -0.475. The lowest BCUT2D eigenvalue weighted by molar-refractivity contribution is -0.116. The largest absolute Gasteiger partial charge is 0.495 e. The van der Waals surface area contributed by atoms with Crippen molar-refractivity contribution in [2.24, 2.45) is 0 Å². The van der Waals surface area contributed by atoms with Gasteiger partial charge in [-0.25, -0.2) is 4.68 Å². The molecular weight excluding hydrogens is 434 g/mol. The van der Waals surface area contributed by atoms with Gasteiger partial charge in [-0.05, 0) is 43.2 Å². The fourth-order valence-corrected chi connectivity index (χ4v) is 4.83. The normalized spacial score (nSPS) is 17.5. The van der Waals surface area contributed by atoms with E-state index in [2.05, 4.69) is 27.9 Å². The van der Waals surface area contributed by atoms with Crippen molar-refractivity contribution in [2.45, 2.75) is 43.1 Å². The summed E-state index contributed by atoms with van der Waals surface area (Å²) in [4.78, 5) is 13.3. The first kappa shape index (κ1) is 21.5. The number of hydrogen-bond acceptors (Lipinski definition) is 6. The molecule has 31 heavy (non-hydrogen) atoms. The quantitative estimate of drug-likeness (QED) is 0.563. The van der Waals surface area contributed by atoms with E-state index in [1.165, 1.54) is 11.8 Å². The van der Waals surface area contributed by atoms with Gasteiger partial charge in [0.2, 0.25) is 11.1 Å². The number of fused-ring (bicyclic) bond motifs is 1. The number of methoxy groups -OCH3 is 1. The van der Waals surface area contributed by atoms with Crippen LogP contribution in [0.15, 0.2) is 47.6 Å². The third-order valence-corrected chi connectivity index (χ3v) is 6.60. The van der Waals surface area contributed by atoms with Crippen LogP contribution in [0.1, 0.15) is 36.3 Å². The minimum absolute atomic E-state index is 0.121. The van der Waals surface area contributed by atoms with E-state index in [0.717, 1.165) is 35.5 Å². The molecule has 0 saturated carbocycles. The minimum Gasteiger partial charge on any atom is -0.495 e. The van der Waals surface area contributed by atoms with Crippen LogP contribution in [0.2, 0.25) is 5.02 Å². The van der Waals surface area contributed by atoms with E-state index in [4.69, 9.17) is 16.3 Å². The van der Waals surface area contributed by atoms with Crippen LogP contribution in [0.25, 0.3) is 0 Å². The molecule has 2 heterocycles. The van der Waals surface area contributed by atoms with E-state index in [-0.39, 0.29) is 11.9 Å². The maximum atomic E-state index is 13.3. The molecule has 0 radical (unpaired) electrons. The number of nitrogens with zero attached hydrogens (tertiary/aromatic N) is 3. The number of rotatable bonds is 6. The smallest absolute Gasteiger partial charge is 0.240 e. The number of benzene rings is 2. The number of aryl methyl sites for hydroxylation is 2. The number of halogens is 1. The van der Waals surface area contributed by atoms with Gasteiger partial charge in [-0.1, -0.05) is 54.0 Å². The number of thioether (sulfide) groups is 1. The molecule has 2 N–H and O–H groups in total. The number of hydrogen-bond donors (Lipinski definition) is 2. The van der Waals surface area contributed by atoms with Gasteiger partial charge in [-0.3, -0.25) is 4.79 Å². The standard InChI is InChI=1S/C22H24ClN5O2S/c1-4-5-18-25-26-22-28(18)27-19(14-8-11-17(30-3)16(23)12-14)20(31-22)21(29)24-15-9-6-13(2)7-10-15/h6-12,19-20,27H,4-5H2,1-3H3,(H,24,29)/t19-,20+/m0/s1. The summed E-state index contributed by atoms with van der Waals surface area (Å²) in [5.74, 6) is 1.31. The van der Waals surface area contributed by atoms with Crippen LogP contribution < -0.4 is 15.5 Å². The molecule has 4 rings (SSSR count). The summed E-state index contributed by atoms with van der Waals surface area (Å²) in [6.45, 7) is 4.10. The van der Waals surface area contributed by atoms with Gasteiger partial charge in [0.25, 0.3) is 0 Å². The zero-order chi connectivity index (χ0) is 22.0. The third-order valence-electron chi connectivity index (χ3n) is 5.09. The predicted molar refractivity (Wildman–Crippen MR) is 124 cm³/mol. The Bertz CT molecular complexity index is 1090. The average molecular weight is 458 g/mol. The summed E-state index contributed by atoms with van der Waals surface area (Å²) in [5.41, 5.74) is 6.21. The van der Waals surface area contributed by atoms with Gasteiger partial charge in [0, 0.05) is 12.1 Å². The monoisotopic (exact) mass is 457 g/mol. The first-order valence-electron chi connectivity index (χ1n) is 10.1. The third kappa shape index (κ3) is 4.50. The summed E-state index contributed by atoms with van der Waals surface area (Å²) < 4.78 is 7.16. The van der Waals surface area contributed by atoms with Crippen LogP contribution in [0.4, 0.5) is 5.69 Å². The number of carbonyl (C=O) groups is 1. The summed E-state index contributed by atoms with van der Waals surface area (Å²) in [5, 5.41) is 12.3. The Morgan fingerprint density at radius 1 is 1.26 bits per heavy atom. The molecule has 3 aromatic rings. The highest BCUT2D eigenvalue weighted by Crippen LogP contribution is 2.39. The molecule has 0 spiro atoms. The Balaban J connectivity index is 1.68. The molecule has 2 aromatic carbocycles. The first-order chi connectivity index (χ1) is 15.0. The van der Waals surface area contributed by atoms with Gasteiger partial charge in [-0.2, -0.15) is 0 Å². The Kier molecular flexibility index (Phi) is 6.38. The molecular formula is C22H24ClN5O2S. The van der Waals surface area contributed by atoms with Gasteiger partial charge in [0.15, 0.2) is 5.82 Å². The van der Waals surface area contributed by atoms with Crippen molar-refractivity contribution < 1.29 is 9.53 Å². The second kappa shape index (κ2) is 9.20. The van der Waals surface area contributed by atoms with Gasteiger partial charge in [0.1, 0.15) is 11.0 Å². The Morgan fingerprint density at radius 2 is 2.03 bits per heavy atom. The molecule has 1 aromatic heterocycles. The van der Waals surface area contributed by atoms with Crippen LogP contribution >= 0.6 is 23.4 Å². The number of amides is 1. The van der Waals surface area contributed by atoms with Gasteiger partial charge in [-0.15, -0.1) is 10.2 Å². The second-order valence-electron chi connectivity index (χ2n) is 7.38. The molecule has 0 saturated heterocycles. The van der Waals surface area contributed by atoms with Crippen molar-refractivity contribution in [3.63, 3.8) is 0 Å². The molecule has 0 fully saturated rings. The maximum absolute atomic E-state index is 13.3. The van der Waals surface area contributed by atoms with Crippen LogP contribution in [0.3, 0.4) is 0 Å². The van der Waals surface area contributed by atoms with Gasteiger partial charge in [0.05, 0.1) is 18.2 Å². The van der Waals surface area contributed by atoms with E-state index in [1.807, 2.05) is 54.1 Å². The van der Waals surface area contributed by atoms with Crippen molar-refractivity contribution in [1.29, 1.82) is 0 Å². The van der Waals surface area contributed by atoms with Crippen molar-refractivity contribution in [3.8, 4) is 5.75 Å². The highest BCUT2D eigenvalue weighted by atomic mass is 35.5. The number of anilines is 1. The number of ether oxygens (including phenoxy) is 1. The SMILES string of the molecule is CCCc1nnc2n1N[C@@H](c1ccc(OC)c(Cl)c1)[C@H](C(=O)Nc1ccc(C)cc1)S2. The van der Waals surface area contributed by atoms with E-state index < -0.39 is 5.25 Å². The molecule has 1 aliphatic heterocycles. The van der Waals surface area contributed by atoms with Crippen LogP contribution in [-0.2, 0) is 11.2 Å². The summed E-state index contributed by atoms with van der Waals surface area (Å²) in [6, 6.07) is 13.0. The van der Waals surface area contributed by atoms with E-state index in [1.54, 1.807) is 7.11 Å². The molecule has 7 nitrogen and oxygen atoms in total. The fraction of sp³-hybridized carbons (Fsp3) is 0.318. The average Bonchev–Trinajstić information content (AvgIpc) is 3.16. The van der Waals surface area contributed by atoms with Crippen molar-refractivity contribution in [2.75, 3.05) is 17.9 Å². The molecule has 9 heteroatoms. The molecule has 0 bridgehead atoms. The molecule has 0 unspecified atom stereocenters. The van der Waals surface area contributed by atoms with Gasteiger partial charge >= 0.3 is 0 Å². The zero-order valence-corrected chi connectivity index (χ0v) is 19.1. The van der Waals surface area contributed by atoms with Crippen LogP contribution in [0, 0.1) is 6.92 Å². The maximum Gasteiger partial charge on any atom is 0.240 e. The molecule has 1 amide bonds. The lowest BCUT2D eigenvalue weighted by atomic mass is 10.0. The Hall–Kier alpha value is -2.71. The number of carbonyl (C=O) groups excluding carboxylic acids is 1. The lowest BCUT2D eigenvalue weighted by Crippen LogP contribution is -2.41. The zero-order valence-electron chi connectivity index (χ0n) is 17.6. The highest BCUT2D eigenvalue weighted by molar-refractivity contribution is 8.00.